The van der Waals surface area contributed by atoms with Crippen molar-refractivity contribution in [2.24, 2.45) is 0 Å². The molecule has 1 aromatic rings. The van der Waals surface area contributed by atoms with Crippen molar-refractivity contribution < 1.29 is 14.6 Å². The van der Waals surface area contributed by atoms with Crippen LogP contribution in [0.2, 0.25) is 5.02 Å². The number of ether oxygens (including phenoxy) is 1. The zero-order valence-corrected chi connectivity index (χ0v) is 13.5. The van der Waals surface area contributed by atoms with Gasteiger partial charge in [0.2, 0.25) is 0 Å². The molecular weight excluding hydrogens is 328 g/mol. The molecule has 1 aliphatic rings. The quantitative estimate of drug-likeness (QED) is 0.408. The molecular formula is C13H18ClN4O3S+. The first kappa shape index (κ1) is 16.9. The predicted molar refractivity (Wildman–Crippen MR) is 88.7 cm³/mol. The summed E-state index contributed by atoms with van der Waals surface area (Å²) < 4.78 is 5.30. The number of rotatable bonds is 5. The molecule has 1 heterocycles. The number of nitrogens with zero attached hydrogens (tertiary/aromatic N) is 1. The smallest absolute Gasteiger partial charge is 0.289 e. The highest BCUT2D eigenvalue weighted by Gasteiger charge is 2.14. The standard InChI is InChI=1S/C13H17ClN4O3S/c14-11-2-1-10(9-12(11)18(19)20)16-13(22)15-3-4-17-5-7-21-8-6-17/h1-2,9H,3-8H2,(H2,15,16,22)/p+1. The van der Waals surface area contributed by atoms with E-state index in [1.807, 2.05) is 0 Å². The van der Waals surface area contributed by atoms with Gasteiger partial charge in [-0.2, -0.15) is 0 Å². The van der Waals surface area contributed by atoms with Crippen molar-refractivity contribution in [1.29, 1.82) is 0 Å². The van der Waals surface area contributed by atoms with Gasteiger partial charge in [0, 0.05) is 11.8 Å². The van der Waals surface area contributed by atoms with Gasteiger partial charge in [-0.15, -0.1) is 0 Å². The van der Waals surface area contributed by atoms with E-state index < -0.39 is 4.92 Å². The Morgan fingerprint density at radius 3 is 2.86 bits per heavy atom. The van der Waals surface area contributed by atoms with Gasteiger partial charge >= 0.3 is 0 Å². The summed E-state index contributed by atoms with van der Waals surface area (Å²) >= 11 is 11.0. The van der Waals surface area contributed by atoms with Gasteiger partial charge in [-0.25, -0.2) is 0 Å². The van der Waals surface area contributed by atoms with E-state index >= 15 is 0 Å². The summed E-state index contributed by atoms with van der Waals surface area (Å²) in [6.07, 6.45) is 0. The van der Waals surface area contributed by atoms with Crippen molar-refractivity contribution in [2.75, 3.05) is 44.7 Å². The minimum absolute atomic E-state index is 0.102. The van der Waals surface area contributed by atoms with Gasteiger partial charge in [-0.1, -0.05) is 11.6 Å². The monoisotopic (exact) mass is 345 g/mol. The summed E-state index contributed by atoms with van der Waals surface area (Å²) in [4.78, 5) is 11.8. The van der Waals surface area contributed by atoms with Crippen LogP contribution in [0.25, 0.3) is 0 Å². The Morgan fingerprint density at radius 2 is 2.18 bits per heavy atom. The first-order chi connectivity index (χ1) is 10.6. The molecule has 120 valence electrons. The number of nitrogens with one attached hydrogen (secondary N) is 3. The molecule has 0 unspecified atom stereocenters. The fourth-order valence-corrected chi connectivity index (χ4v) is 2.57. The van der Waals surface area contributed by atoms with Crippen LogP contribution < -0.4 is 15.5 Å². The lowest BCUT2D eigenvalue weighted by atomic mass is 10.3. The number of morpholine rings is 1. The molecule has 1 aliphatic heterocycles. The minimum Gasteiger partial charge on any atom is -0.370 e. The fourth-order valence-electron chi connectivity index (χ4n) is 2.17. The number of halogens is 1. The molecule has 22 heavy (non-hydrogen) atoms. The van der Waals surface area contributed by atoms with Crippen molar-refractivity contribution in [3.05, 3.63) is 33.3 Å². The molecule has 1 fully saturated rings. The average molecular weight is 346 g/mol. The zero-order valence-electron chi connectivity index (χ0n) is 11.9. The summed E-state index contributed by atoms with van der Waals surface area (Å²) in [5.74, 6) is 0. The third-order valence-electron chi connectivity index (χ3n) is 3.36. The Hall–Kier alpha value is -1.48. The topological polar surface area (TPSA) is 80.9 Å². The molecule has 3 N–H and O–H groups in total. The van der Waals surface area contributed by atoms with Crippen molar-refractivity contribution >= 4 is 40.3 Å². The number of nitro benzene ring substituents is 1. The first-order valence-corrected chi connectivity index (χ1v) is 7.75. The summed E-state index contributed by atoms with van der Waals surface area (Å²) in [7, 11) is 0. The van der Waals surface area contributed by atoms with E-state index in [2.05, 4.69) is 10.6 Å². The Labute approximate surface area is 138 Å². The molecule has 7 nitrogen and oxygen atoms in total. The van der Waals surface area contributed by atoms with Gasteiger partial charge in [0.15, 0.2) is 5.11 Å². The maximum Gasteiger partial charge on any atom is 0.289 e. The molecule has 0 amide bonds. The first-order valence-electron chi connectivity index (χ1n) is 6.96. The Kier molecular flexibility index (Phi) is 6.32. The second-order valence-electron chi connectivity index (χ2n) is 4.92. The number of nitro groups is 1. The number of thiocarbonyl (C=S) groups is 1. The summed E-state index contributed by atoms with van der Waals surface area (Å²) in [5, 5.41) is 17.4. The van der Waals surface area contributed by atoms with Gasteiger partial charge < -0.3 is 20.3 Å². The lowest BCUT2D eigenvalue weighted by Gasteiger charge is -2.24. The number of hydrogen-bond donors (Lipinski definition) is 3. The number of anilines is 1. The molecule has 0 radical (unpaired) electrons. The number of benzene rings is 1. The van der Waals surface area contributed by atoms with Crippen molar-refractivity contribution in [2.45, 2.75) is 0 Å². The van der Waals surface area contributed by atoms with Crippen LogP contribution >= 0.6 is 23.8 Å². The third kappa shape index (κ3) is 5.06. The molecule has 1 saturated heterocycles. The van der Waals surface area contributed by atoms with Crippen LogP contribution in [0, 0.1) is 10.1 Å². The number of hydrogen-bond acceptors (Lipinski definition) is 4. The minimum atomic E-state index is -0.522. The molecule has 0 aromatic heterocycles. The van der Waals surface area contributed by atoms with E-state index in [-0.39, 0.29) is 10.7 Å². The van der Waals surface area contributed by atoms with Crippen LogP contribution in [0.1, 0.15) is 0 Å². The number of quaternary nitrogens is 1. The fraction of sp³-hybridized carbons (Fsp3) is 0.462. The van der Waals surface area contributed by atoms with E-state index in [0.29, 0.717) is 10.8 Å². The Bertz CT molecular complexity index is 552. The highest BCUT2D eigenvalue weighted by molar-refractivity contribution is 7.80. The van der Waals surface area contributed by atoms with E-state index in [4.69, 9.17) is 28.6 Å². The van der Waals surface area contributed by atoms with E-state index in [9.17, 15) is 10.1 Å². The summed E-state index contributed by atoms with van der Waals surface area (Å²) in [5.41, 5.74) is 0.388. The van der Waals surface area contributed by atoms with Crippen LogP contribution in [-0.2, 0) is 4.74 Å². The lowest BCUT2D eigenvalue weighted by molar-refractivity contribution is -0.906. The van der Waals surface area contributed by atoms with E-state index in [0.717, 1.165) is 39.4 Å². The summed E-state index contributed by atoms with van der Waals surface area (Å²) in [6, 6.07) is 4.49. The van der Waals surface area contributed by atoms with E-state index in [1.54, 1.807) is 6.07 Å². The molecule has 0 atom stereocenters. The second kappa shape index (κ2) is 8.23. The van der Waals surface area contributed by atoms with Crippen LogP contribution in [-0.4, -0.2) is 49.4 Å². The maximum atomic E-state index is 10.8. The molecule has 0 saturated carbocycles. The van der Waals surface area contributed by atoms with E-state index in [1.165, 1.54) is 17.0 Å². The molecule has 0 aliphatic carbocycles. The van der Waals surface area contributed by atoms with Gasteiger partial charge in [0.1, 0.15) is 18.1 Å². The van der Waals surface area contributed by atoms with Gasteiger partial charge in [-0.3, -0.25) is 10.1 Å². The maximum absolute atomic E-state index is 10.8. The molecule has 1 aromatic carbocycles. The highest BCUT2D eigenvalue weighted by atomic mass is 35.5. The van der Waals surface area contributed by atoms with Crippen LogP contribution in [0.4, 0.5) is 11.4 Å². The van der Waals surface area contributed by atoms with Gasteiger partial charge in [-0.05, 0) is 24.4 Å². The van der Waals surface area contributed by atoms with Crippen molar-refractivity contribution in [3.8, 4) is 0 Å². The molecule has 2 rings (SSSR count). The van der Waals surface area contributed by atoms with Gasteiger partial charge in [0.05, 0.1) is 31.2 Å². The summed E-state index contributed by atoms with van der Waals surface area (Å²) in [6.45, 7) is 5.29. The van der Waals surface area contributed by atoms with Crippen LogP contribution in [0.3, 0.4) is 0 Å². The largest absolute Gasteiger partial charge is 0.370 e. The Morgan fingerprint density at radius 1 is 1.45 bits per heavy atom. The highest BCUT2D eigenvalue weighted by Crippen LogP contribution is 2.27. The van der Waals surface area contributed by atoms with Crippen molar-refractivity contribution in [1.82, 2.24) is 5.32 Å². The average Bonchev–Trinajstić information content (AvgIpc) is 2.50. The SMILES string of the molecule is O=[N+]([O-])c1cc(NC(=S)NCC[NH+]2CCOCC2)ccc1Cl. The third-order valence-corrected chi connectivity index (χ3v) is 3.93. The predicted octanol–water partition coefficient (Wildman–Crippen LogP) is 0.450. The molecule has 0 bridgehead atoms. The zero-order chi connectivity index (χ0) is 15.9. The molecule has 9 heteroatoms. The van der Waals surface area contributed by atoms with Crippen LogP contribution in [0.15, 0.2) is 18.2 Å². The van der Waals surface area contributed by atoms with Gasteiger partial charge in [0.25, 0.3) is 5.69 Å². The normalized spacial score (nSPS) is 15.3. The lowest BCUT2D eigenvalue weighted by Crippen LogP contribution is -3.14. The second-order valence-corrected chi connectivity index (χ2v) is 5.73. The molecule has 0 spiro atoms. The Balaban J connectivity index is 1.79. The van der Waals surface area contributed by atoms with Crippen LogP contribution in [0.5, 0.6) is 0 Å². The van der Waals surface area contributed by atoms with Crippen molar-refractivity contribution in [3.63, 3.8) is 0 Å².